The molecule has 0 heterocycles. The Morgan fingerprint density at radius 2 is 1.00 bits per heavy atom. The molecule has 0 N–H and O–H groups in total. The second kappa shape index (κ2) is 22.6. The Bertz CT molecular complexity index is 35.6. The molecule has 0 rings (SSSR count). The first-order valence-electron chi connectivity index (χ1n) is 3.07. The molecule has 0 aliphatic rings. The zero-order chi connectivity index (χ0) is 5.70. The maximum atomic E-state index is 2.29. The molecule has 0 unspecified atom stereocenters. The van der Waals surface area contributed by atoms with Crippen LogP contribution in [0.2, 0.25) is 0 Å². The molecule has 0 aromatic rings. The Labute approximate surface area is 103 Å². The monoisotopic (exact) mass is 352 g/mol. The molecule has 0 spiro atoms. The summed E-state index contributed by atoms with van der Waals surface area (Å²) in [6.07, 6.45) is 4.26. The first kappa shape index (κ1) is 29.3. The molecule has 0 aliphatic heterocycles. The SMILES string of the molecule is CCP(CC)CC.[Au+].[CH3-].[CH3-].[Li+]. The molecule has 70 valence electrons. The summed E-state index contributed by atoms with van der Waals surface area (Å²) in [5.74, 6) is 0. The van der Waals surface area contributed by atoms with Gasteiger partial charge in [-0.25, -0.2) is 0 Å². The van der Waals surface area contributed by atoms with Gasteiger partial charge in [0.25, 0.3) is 0 Å². The van der Waals surface area contributed by atoms with Crippen molar-refractivity contribution in [2.45, 2.75) is 20.8 Å². The fraction of sp³-hybridized carbons (Fsp3) is 0.750. The van der Waals surface area contributed by atoms with Gasteiger partial charge in [-0.05, 0) is 18.5 Å². The number of rotatable bonds is 3. The van der Waals surface area contributed by atoms with Crippen LogP contribution in [0.3, 0.4) is 0 Å². The van der Waals surface area contributed by atoms with Crippen LogP contribution >= 0.6 is 7.92 Å². The third-order valence-electron chi connectivity index (χ3n) is 1.34. The molecule has 0 nitrogen and oxygen atoms in total. The second-order valence-corrected chi connectivity index (χ2v) is 4.86. The average molecular weight is 352 g/mol. The van der Waals surface area contributed by atoms with Gasteiger partial charge in [0.2, 0.25) is 0 Å². The normalized spacial score (nSPS) is 6.55. The fourth-order valence-electron chi connectivity index (χ4n) is 0.671. The van der Waals surface area contributed by atoms with Crippen molar-refractivity contribution in [2.75, 3.05) is 18.5 Å². The van der Waals surface area contributed by atoms with Crippen LogP contribution in [0.15, 0.2) is 0 Å². The van der Waals surface area contributed by atoms with E-state index < -0.39 is 0 Å². The molecule has 0 saturated carbocycles. The minimum absolute atomic E-state index is 0. The molecule has 11 heavy (non-hydrogen) atoms. The maximum absolute atomic E-state index is 2.29. The number of hydrogen-bond donors (Lipinski definition) is 0. The Kier molecular flexibility index (Phi) is 60.2. The van der Waals surface area contributed by atoms with Gasteiger partial charge in [0.15, 0.2) is 0 Å². The van der Waals surface area contributed by atoms with Gasteiger partial charge in [-0.2, -0.15) is 0 Å². The van der Waals surface area contributed by atoms with Crippen molar-refractivity contribution in [1.82, 2.24) is 0 Å². The predicted octanol–water partition coefficient (Wildman–Crippen LogP) is 0.430. The van der Waals surface area contributed by atoms with Gasteiger partial charge in [0.05, 0.1) is 0 Å². The number of hydrogen-bond acceptors (Lipinski definition) is 0. The van der Waals surface area contributed by atoms with Crippen LogP contribution in [0, 0.1) is 14.9 Å². The predicted molar refractivity (Wildman–Crippen MR) is 51.4 cm³/mol. The molecule has 0 aliphatic carbocycles. The van der Waals surface area contributed by atoms with Crippen molar-refractivity contribution in [3.8, 4) is 0 Å². The summed E-state index contributed by atoms with van der Waals surface area (Å²) in [4.78, 5) is 0. The van der Waals surface area contributed by atoms with Gasteiger partial charge >= 0.3 is 41.2 Å². The molecule has 3 heteroatoms. The van der Waals surface area contributed by atoms with Gasteiger partial charge < -0.3 is 14.9 Å². The van der Waals surface area contributed by atoms with Crippen molar-refractivity contribution in [2.24, 2.45) is 0 Å². The van der Waals surface area contributed by atoms with Crippen molar-refractivity contribution in [3.63, 3.8) is 0 Å². The summed E-state index contributed by atoms with van der Waals surface area (Å²) in [7, 11) is 0.446. The smallest absolute Gasteiger partial charge is 0.358 e. The van der Waals surface area contributed by atoms with Crippen LogP contribution in [0.4, 0.5) is 0 Å². The van der Waals surface area contributed by atoms with Crippen LogP contribution in [0.25, 0.3) is 0 Å². The zero-order valence-corrected chi connectivity index (χ0v) is 11.9. The van der Waals surface area contributed by atoms with Crippen molar-refractivity contribution < 1.29 is 41.2 Å². The molecule has 0 radical (unpaired) electrons. The first-order chi connectivity index (χ1) is 3.35. The third-order valence-corrected chi connectivity index (χ3v) is 4.02. The zero-order valence-electron chi connectivity index (χ0n) is 8.87. The van der Waals surface area contributed by atoms with Gasteiger partial charge in [0.1, 0.15) is 0 Å². The molecular formula is C8H21AuLiP. The van der Waals surface area contributed by atoms with E-state index in [4.69, 9.17) is 0 Å². The molecular weight excluding hydrogens is 331 g/mol. The van der Waals surface area contributed by atoms with Crippen LogP contribution in [0.5, 0.6) is 0 Å². The van der Waals surface area contributed by atoms with E-state index >= 15 is 0 Å². The van der Waals surface area contributed by atoms with Crippen molar-refractivity contribution in [3.05, 3.63) is 14.9 Å². The van der Waals surface area contributed by atoms with E-state index in [-0.39, 0.29) is 56.1 Å². The maximum Gasteiger partial charge on any atom is 1.00 e. The summed E-state index contributed by atoms with van der Waals surface area (Å²) in [6, 6.07) is 0. The second-order valence-electron chi connectivity index (χ2n) is 1.62. The molecule has 0 aromatic carbocycles. The summed E-state index contributed by atoms with van der Waals surface area (Å²) < 4.78 is 0. The van der Waals surface area contributed by atoms with E-state index in [1.54, 1.807) is 0 Å². The minimum atomic E-state index is 0. The van der Waals surface area contributed by atoms with Gasteiger partial charge in [-0.15, -0.1) is 7.92 Å². The Balaban J connectivity index is -0.0000000300. The van der Waals surface area contributed by atoms with E-state index in [2.05, 4.69) is 20.8 Å². The van der Waals surface area contributed by atoms with Gasteiger partial charge in [0, 0.05) is 0 Å². The van der Waals surface area contributed by atoms with E-state index in [0.29, 0.717) is 7.92 Å². The Hall–Kier alpha value is 1.77. The molecule has 0 amide bonds. The van der Waals surface area contributed by atoms with Crippen molar-refractivity contribution >= 4 is 7.92 Å². The Morgan fingerprint density at radius 3 is 1.00 bits per heavy atom. The van der Waals surface area contributed by atoms with E-state index in [1.165, 1.54) is 18.5 Å². The minimum Gasteiger partial charge on any atom is -0.358 e. The third kappa shape index (κ3) is 18.6. The molecule has 0 bridgehead atoms. The standard InChI is InChI=1S/C6H15P.2CH3.Au.Li/c1-4-7(5-2)6-3;;;;/h4-6H2,1-3H3;2*1H3;;/q;2*-1;2*+1. The van der Waals surface area contributed by atoms with Crippen LogP contribution < -0.4 is 18.9 Å². The summed E-state index contributed by atoms with van der Waals surface area (Å²) in [5.41, 5.74) is 0. The molecule has 0 saturated heterocycles. The summed E-state index contributed by atoms with van der Waals surface area (Å²) in [6.45, 7) is 6.87. The van der Waals surface area contributed by atoms with Crippen LogP contribution in [0.1, 0.15) is 20.8 Å². The first-order valence-corrected chi connectivity index (χ1v) is 4.97. The summed E-state index contributed by atoms with van der Waals surface area (Å²) in [5, 5.41) is 0. The fourth-order valence-corrected chi connectivity index (χ4v) is 2.01. The summed E-state index contributed by atoms with van der Waals surface area (Å²) >= 11 is 0. The largest absolute Gasteiger partial charge is 1.00 e. The van der Waals surface area contributed by atoms with Crippen LogP contribution in [-0.2, 0) is 22.4 Å². The van der Waals surface area contributed by atoms with E-state index in [0.717, 1.165) is 0 Å². The molecule has 0 atom stereocenters. The van der Waals surface area contributed by atoms with Crippen molar-refractivity contribution in [1.29, 1.82) is 0 Å². The molecule has 0 aromatic heterocycles. The molecule has 0 fully saturated rings. The average Bonchev–Trinajstić information content (AvgIpc) is 1.72. The van der Waals surface area contributed by atoms with Gasteiger partial charge in [-0.3, -0.25) is 0 Å². The Morgan fingerprint density at radius 1 is 0.818 bits per heavy atom. The van der Waals surface area contributed by atoms with Gasteiger partial charge in [-0.1, -0.05) is 20.8 Å². The van der Waals surface area contributed by atoms with E-state index in [1.807, 2.05) is 0 Å². The topological polar surface area (TPSA) is 0 Å². The van der Waals surface area contributed by atoms with Crippen LogP contribution in [-0.4, -0.2) is 18.5 Å². The van der Waals surface area contributed by atoms with E-state index in [9.17, 15) is 0 Å². The quantitative estimate of drug-likeness (QED) is 0.393.